The van der Waals surface area contributed by atoms with Crippen molar-refractivity contribution in [2.45, 2.75) is 31.1 Å². The summed E-state index contributed by atoms with van der Waals surface area (Å²) in [6.45, 7) is 13.2. The number of hydrogen-bond donors (Lipinski definition) is 1. The van der Waals surface area contributed by atoms with E-state index in [1.807, 2.05) is 24.3 Å². The minimum absolute atomic E-state index is 0.183. The van der Waals surface area contributed by atoms with E-state index in [9.17, 15) is 0 Å². The van der Waals surface area contributed by atoms with E-state index in [1.165, 1.54) is 0 Å². The van der Waals surface area contributed by atoms with E-state index in [1.54, 1.807) is 11.9 Å². The molecule has 0 radical (unpaired) electrons. The smallest absolute Gasteiger partial charge is 0.0627 e. The van der Waals surface area contributed by atoms with Gasteiger partial charge in [-0.1, -0.05) is 38.3 Å². The monoisotopic (exact) mass is 353 g/mol. The molecule has 25 heavy (non-hydrogen) atoms. The zero-order chi connectivity index (χ0) is 18.1. The number of piperidine rings is 1. The molecule has 132 valence electrons. The molecule has 0 atom stereocenters. The van der Waals surface area contributed by atoms with Crippen LogP contribution in [-0.4, -0.2) is 24.5 Å². The molecule has 1 heterocycles. The van der Waals surface area contributed by atoms with E-state index >= 15 is 0 Å². The van der Waals surface area contributed by atoms with Gasteiger partial charge in [-0.3, -0.25) is 4.90 Å². The fourth-order valence-electron chi connectivity index (χ4n) is 2.91. The fourth-order valence-corrected chi connectivity index (χ4v) is 3.58. The first-order chi connectivity index (χ1) is 12.0. The SMILES string of the molecule is C=C/C(=C\C(=C)CN1CCC(C)(CC#N)CC1)NSc1ccccc1. The lowest BCUT2D eigenvalue weighted by Gasteiger charge is -2.38. The Morgan fingerprint density at radius 2 is 2.04 bits per heavy atom. The van der Waals surface area contributed by atoms with Crippen LogP contribution in [0.2, 0.25) is 0 Å². The van der Waals surface area contributed by atoms with Crippen LogP contribution in [0.1, 0.15) is 26.2 Å². The van der Waals surface area contributed by atoms with Crippen LogP contribution < -0.4 is 4.72 Å². The molecule has 0 amide bonds. The molecule has 0 bridgehead atoms. The summed E-state index contributed by atoms with van der Waals surface area (Å²) in [5, 5.41) is 8.95. The first kappa shape index (κ1) is 19.4. The number of nitrogens with zero attached hydrogens (tertiary/aromatic N) is 2. The summed E-state index contributed by atoms with van der Waals surface area (Å²) in [5.74, 6) is 0. The van der Waals surface area contributed by atoms with Crippen LogP contribution in [0.25, 0.3) is 0 Å². The Morgan fingerprint density at radius 3 is 2.64 bits per heavy atom. The molecule has 0 unspecified atom stereocenters. The second kappa shape index (κ2) is 9.50. The lowest BCUT2D eigenvalue weighted by molar-refractivity contribution is 0.130. The molecule has 1 aromatic rings. The third-order valence-corrected chi connectivity index (χ3v) is 5.45. The third kappa shape index (κ3) is 6.45. The van der Waals surface area contributed by atoms with Gasteiger partial charge in [0.2, 0.25) is 0 Å². The van der Waals surface area contributed by atoms with Crippen LogP contribution in [-0.2, 0) is 0 Å². The number of hydrogen-bond acceptors (Lipinski definition) is 4. The number of benzene rings is 1. The van der Waals surface area contributed by atoms with E-state index < -0.39 is 0 Å². The maximum Gasteiger partial charge on any atom is 0.0627 e. The average molecular weight is 354 g/mol. The van der Waals surface area contributed by atoms with Crippen molar-refractivity contribution >= 4 is 11.9 Å². The molecule has 0 saturated carbocycles. The molecular weight excluding hydrogens is 326 g/mol. The molecule has 1 N–H and O–H groups in total. The molecule has 1 aliphatic rings. The van der Waals surface area contributed by atoms with E-state index in [4.69, 9.17) is 5.26 Å². The quantitative estimate of drug-likeness (QED) is 0.531. The van der Waals surface area contributed by atoms with Crippen molar-refractivity contribution in [1.82, 2.24) is 9.62 Å². The maximum absolute atomic E-state index is 8.95. The summed E-state index contributed by atoms with van der Waals surface area (Å²) in [6.07, 6.45) is 6.69. The standard InChI is InChI=1S/C21H27N3S/c1-4-19(23-25-20-8-6-5-7-9-20)16-18(2)17-24-14-11-21(3,10-13-22)12-15-24/h4-9,16,23H,1-2,10-12,14-15,17H2,3H3/b19-16+. The number of allylic oxidation sites excluding steroid dienone is 1. The molecule has 1 saturated heterocycles. The highest BCUT2D eigenvalue weighted by Gasteiger charge is 2.29. The van der Waals surface area contributed by atoms with E-state index in [2.05, 4.69) is 54.0 Å². The lowest BCUT2D eigenvalue weighted by Crippen LogP contribution is -2.39. The topological polar surface area (TPSA) is 39.1 Å². The Kier molecular flexibility index (Phi) is 7.36. The molecule has 1 aromatic carbocycles. The van der Waals surface area contributed by atoms with Crippen LogP contribution in [0.5, 0.6) is 0 Å². The van der Waals surface area contributed by atoms with E-state index in [0.717, 1.165) is 48.6 Å². The Morgan fingerprint density at radius 1 is 1.36 bits per heavy atom. The van der Waals surface area contributed by atoms with Crippen LogP contribution >= 0.6 is 11.9 Å². The largest absolute Gasteiger partial charge is 0.326 e. The van der Waals surface area contributed by atoms with Crippen LogP contribution in [0.3, 0.4) is 0 Å². The third-order valence-electron chi connectivity index (χ3n) is 4.61. The van der Waals surface area contributed by atoms with Crippen LogP contribution in [0, 0.1) is 16.7 Å². The number of rotatable bonds is 8. The van der Waals surface area contributed by atoms with Gasteiger partial charge in [-0.25, -0.2) is 0 Å². The zero-order valence-electron chi connectivity index (χ0n) is 15.0. The molecule has 4 heteroatoms. The van der Waals surface area contributed by atoms with E-state index in [-0.39, 0.29) is 5.41 Å². The fraction of sp³-hybridized carbons (Fsp3) is 0.381. The number of nitrogens with one attached hydrogen (secondary N) is 1. The lowest BCUT2D eigenvalue weighted by atomic mass is 9.78. The molecule has 1 aliphatic heterocycles. The van der Waals surface area contributed by atoms with Gasteiger partial charge in [0.1, 0.15) is 0 Å². The van der Waals surface area contributed by atoms with Crippen molar-refractivity contribution in [3.8, 4) is 6.07 Å². The van der Waals surface area contributed by atoms with Gasteiger partial charge in [0, 0.05) is 23.6 Å². The molecule has 2 rings (SSSR count). The molecule has 1 fully saturated rings. The summed E-state index contributed by atoms with van der Waals surface area (Å²) in [6, 6.07) is 12.5. The Bertz CT molecular complexity index is 649. The van der Waals surface area contributed by atoms with Gasteiger partial charge >= 0.3 is 0 Å². The van der Waals surface area contributed by atoms with Crippen LogP contribution in [0.15, 0.2) is 71.8 Å². The normalized spacial score (nSPS) is 17.5. The first-order valence-electron chi connectivity index (χ1n) is 8.64. The summed E-state index contributed by atoms with van der Waals surface area (Å²) < 4.78 is 3.33. The minimum atomic E-state index is 0.183. The predicted octanol–water partition coefficient (Wildman–Crippen LogP) is 4.93. The molecule has 3 nitrogen and oxygen atoms in total. The number of nitriles is 1. The van der Waals surface area contributed by atoms with Crippen molar-refractivity contribution in [1.29, 1.82) is 5.26 Å². The van der Waals surface area contributed by atoms with Gasteiger partial charge in [-0.2, -0.15) is 5.26 Å². The van der Waals surface area contributed by atoms with Crippen molar-refractivity contribution in [3.05, 3.63) is 66.9 Å². The predicted molar refractivity (Wildman–Crippen MR) is 107 cm³/mol. The Hall–Kier alpha value is -1.96. The second-order valence-electron chi connectivity index (χ2n) is 6.90. The molecule has 0 aromatic heterocycles. The van der Waals surface area contributed by atoms with Gasteiger partial charge in [0.25, 0.3) is 0 Å². The van der Waals surface area contributed by atoms with Crippen LogP contribution in [0.4, 0.5) is 0 Å². The van der Waals surface area contributed by atoms with Gasteiger partial charge in [-0.15, -0.1) is 0 Å². The van der Waals surface area contributed by atoms with Crippen molar-refractivity contribution in [3.63, 3.8) is 0 Å². The summed E-state index contributed by atoms with van der Waals surface area (Å²) >= 11 is 1.57. The summed E-state index contributed by atoms with van der Waals surface area (Å²) in [5.41, 5.74) is 2.22. The Balaban J connectivity index is 1.82. The minimum Gasteiger partial charge on any atom is -0.326 e. The summed E-state index contributed by atoms with van der Waals surface area (Å²) in [7, 11) is 0. The van der Waals surface area contributed by atoms with Crippen molar-refractivity contribution in [2.24, 2.45) is 5.41 Å². The van der Waals surface area contributed by atoms with Gasteiger partial charge in [0.05, 0.1) is 6.07 Å². The average Bonchev–Trinajstić information content (AvgIpc) is 2.62. The first-order valence-corrected chi connectivity index (χ1v) is 9.45. The Labute approximate surface area is 156 Å². The van der Waals surface area contributed by atoms with Crippen molar-refractivity contribution < 1.29 is 0 Å². The highest BCUT2D eigenvalue weighted by molar-refractivity contribution is 7.97. The maximum atomic E-state index is 8.95. The molecule has 0 spiro atoms. The highest BCUT2D eigenvalue weighted by atomic mass is 32.2. The van der Waals surface area contributed by atoms with Gasteiger partial charge < -0.3 is 4.72 Å². The van der Waals surface area contributed by atoms with Gasteiger partial charge in [0.15, 0.2) is 0 Å². The number of likely N-dealkylation sites (tertiary alicyclic amines) is 1. The van der Waals surface area contributed by atoms with Crippen molar-refractivity contribution in [2.75, 3.05) is 19.6 Å². The van der Waals surface area contributed by atoms with E-state index in [0.29, 0.717) is 6.42 Å². The summed E-state index contributed by atoms with van der Waals surface area (Å²) in [4.78, 5) is 3.58. The zero-order valence-corrected chi connectivity index (χ0v) is 15.8. The van der Waals surface area contributed by atoms with Gasteiger partial charge in [-0.05, 0) is 73.2 Å². The highest BCUT2D eigenvalue weighted by Crippen LogP contribution is 2.34. The second-order valence-corrected chi connectivity index (χ2v) is 7.78. The molecular formula is C21H27N3S. The molecule has 0 aliphatic carbocycles.